The van der Waals surface area contributed by atoms with Crippen LogP contribution >= 0.6 is 0 Å². The number of carboxylic acid groups (broad SMARTS) is 1. The van der Waals surface area contributed by atoms with Crippen molar-refractivity contribution < 1.29 is 23.5 Å². The Bertz CT molecular complexity index is 1750. The number of hydrogen-bond acceptors (Lipinski definition) is 4. The minimum Gasteiger partial charge on any atom is -0.477 e. The maximum atomic E-state index is 13.2. The average molecular weight is 554 g/mol. The van der Waals surface area contributed by atoms with E-state index in [-0.39, 0.29) is 5.69 Å². The summed E-state index contributed by atoms with van der Waals surface area (Å²) in [4.78, 5) is 29.2. The number of carbonyl (C=O) groups excluding carboxylic acids is 1. The van der Waals surface area contributed by atoms with E-state index in [1.165, 1.54) is 0 Å². The van der Waals surface area contributed by atoms with Gasteiger partial charge in [0.1, 0.15) is 5.65 Å². The lowest BCUT2D eigenvalue weighted by molar-refractivity contribution is 0.0690. The molecular weight excluding hydrogens is 526 g/mol. The van der Waals surface area contributed by atoms with E-state index in [1.807, 2.05) is 48.7 Å². The number of anilines is 1. The quantitative estimate of drug-likeness (QED) is 0.224. The number of aromatic nitrogens is 2. The highest BCUT2D eigenvalue weighted by Gasteiger charge is 2.25. The Morgan fingerprint density at radius 2 is 1.62 bits per heavy atom. The third kappa shape index (κ3) is 5.16. The van der Waals surface area contributed by atoms with Gasteiger partial charge in [-0.25, -0.2) is 18.3 Å². The predicted octanol–water partition coefficient (Wildman–Crippen LogP) is 6.10. The summed E-state index contributed by atoms with van der Waals surface area (Å²) in [6.07, 6.45) is 0.757. The van der Waals surface area contributed by atoms with Gasteiger partial charge < -0.3 is 9.67 Å². The van der Waals surface area contributed by atoms with Crippen LogP contribution in [-0.4, -0.2) is 35.3 Å². The number of hydrogen-bond donors (Lipinski definition) is 2. The van der Waals surface area contributed by atoms with Crippen molar-refractivity contribution >= 4 is 39.9 Å². The molecule has 0 aliphatic carbocycles. The van der Waals surface area contributed by atoms with Gasteiger partial charge in [0.2, 0.25) is 0 Å². The van der Waals surface area contributed by atoms with E-state index < -0.39 is 23.1 Å². The normalized spacial score (nSPS) is 11.9. The lowest BCUT2D eigenvalue weighted by Gasteiger charge is -2.21. The molecule has 0 saturated heterocycles. The average Bonchev–Trinajstić information content (AvgIpc) is 3.32. The molecule has 1 amide bonds. The monoisotopic (exact) mass is 553 g/mol. The van der Waals surface area contributed by atoms with Crippen LogP contribution in [0.1, 0.15) is 44.6 Å². The van der Waals surface area contributed by atoms with Crippen molar-refractivity contribution in [2.24, 2.45) is 0 Å². The minimum atomic E-state index is -2.59. The van der Waals surface area contributed by atoms with Crippen molar-refractivity contribution in [3.05, 3.63) is 119 Å². The van der Waals surface area contributed by atoms with Gasteiger partial charge in [-0.05, 0) is 60.4 Å². The zero-order valence-corrected chi connectivity index (χ0v) is 22.8. The highest BCUT2D eigenvalue weighted by molar-refractivity contribution is 7.81. The second kappa shape index (κ2) is 11.3. The van der Waals surface area contributed by atoms with Gasteiger partial charge in [0.15, 0.2) is 5.69 Å². The molecule has 202 valence electrons. The van der Waals surface area contributed by atoms with E-state index in [1.54, 1.807) is 54.6 Å². The van der Waals surface area contributed by atoms with Crippen molar-refractivity contribution in [1.82, 2.24) is 9.55 Å². The predicted molar refractivity (Wildman–Crippen MR) is 156 cm³/mol. The maximum Gasteiger partial charge on any atom is 0.354 e. The number of amides is 1. The standard InChI is InChI=1S/C31H27N3O5S/c1-3-24-18-26-20(2)17-27(31(36)37)32-29(26)33(24)19-21-13-15-22(16-14-21)25-11-7-8-12-28(25)34(40(38)39)30(35)23-9-5-4-6-10-23/h4-18H,3,19H2,1-2H3,(H,36,37)(H,38,39). The molecule has 1 atom stereocenters. The van der Waals surface area contributed by atoms with Crippen LogP contribution in [-0.2, 0) is 24.2 Å². The summed E-state index contributed by atoms with van der Waals surface area (Å²) in [6.45, 7) is 4.42. The molecule has 5 rings (SSSR count). The van der Waals surface area contributed by atoms with Gasteiger partial charge in [-0.1, -0.05) is 67.6 Å². The Hall–Kier alpha value is -4.60. The Morgan fingerprint density at radius 1 is 0.950 bits per heavy atom. The number of para-hydroxylation sites is 1. The zero-order chi connectivity index (χ0) is 28.4. The van der Waals surface area contributed by atoms with E-state index in [2.05, 4.69) is 11.1 Å². The fourth-order valence-corrected chi connectivity index (χ4v) is 5.41. The van der Waals surface area contributed by atoms with Gasteiger partial charge >= 0.3 is 5.97 Å². The SMILES string of the molecule is CCc1cc2c(C)cc(C(=O)O)nc2n1Cc1ccc(-c2ccccc2N(C(=O)c2ccccc2)S(=O)O)cc1. The lowest BCUT2D eigenvalue weighted by Crippen LogP contribution is -2.32. The van der Waals surface area contributed by atoms with E-state index in [0.29, 0.717) is 29.0 Å². The van der Waals surface area contributed by atoms with Gasteiger partial charge in [0.05, 0.1) is 5.69 Å². The first-order valence-electron chi connectivity index (χ1n) is 12.7. The maximum absolute atomic E-state index is 13.2. The highest BCUT2D eigenvalue weighted by Crippen LogP contribution is 2.33. The molecule has 2 N–H and O–H groups in total. The summed E-state index contributed by atoms with van der Waals surface area (Å²) in [7, 11) is 0. The molecule has 8 nitrogen and oxygen atoms in total. The Balaban J connectivity index is 1.50. The second-order valence-corrected chi connectivity index (χ2v) is 10.2. The molecule has 0 aliphatic rings. The van der Waals surface area contributed by atoms with Gasteiger partial charge in [0, 0.05) is 28.8 Å². The smallest absolute Gasteiger partial charge is 0.354 e. The molecule has 5 aromatic rings. The number of aryl methyl sites for hydroxylation is 2. The summed E-state index contributed by atoms with van der Waals surface area (Å²) in [5, 5.41) is 10.4. The summed E-state index contributed by atoms with van der Waals surface area (Å²) >= 11 is -2.59. The third-order valence-electron chi connectivity index (χ3n) is 6.83. The Labute approximate surface area is 234 Å². The van der Waals surface area contributed by atoms with Crippen molar-refractivity contribution in [1.29, 1.82) is 0 Å². The van der Waals surface area contributed by atoms with Crippen LogP contribution in [0.5, 0.6) is 0 Å². The first-order valence-corrected chi connectivity index (χ1v) is 13.8. The van der Waals surface area contributed by atoms with Crippen LogP contribution in [0, 0.1) is 6.92 Å². The number of rotatable bonds is 8. The third-order valence-corrected chi connectivity index (χ3v) is 7.50. The summed E-state index contributed by atoms with van der Waals surface area (Å²) in [5.41, 5.74) is 5.53. The van der Waals surface area contributed by atoms with Crippen molar-refractivity contribution in [3.63, 3.8) is 0 Å². The van der Waals surface area contributed by atoms with Gasteiger partial charge in [-0.3, -0.25) is 9.35 Å². The minimum absolute atomic E-state index is 0.00910. The molecule has 0 radical (unpaired) electrons. The Kier molecular flexibility index (Phi) is 7.59. The molecule has 2 heterocycles. The molecule has 9 heteroatoms. The summed E-state index contributed by atoms with van der Waals surface area (Å²) in [5.74, 6) is -1.65. The molecule has 0 fully saturated rings. The second-order valence-electron chi connectivity index (χ2n) is 9.35. The number of fused-ring (bicyclic) bond motifs is 1. The van der Waals surface area contributed by atoms with Crippen molar-refractivity contribution in [2.75, 3.05) is 4.31 Å². The van der Waals surface area contributed by atoms with Crippen LogP contribution in [0.15, 0.2) is 91.0 Å². The Morgan fingerprint density at radius 3 is 2.27 bits per heavy atom. The molecule has 2 aromatic heterocycles. The van der Waals surface area contributed by atoms with Crippen LogP contribution < -0.4 is 4.31 Å². The number of benzene rings is 3. The number of nitrogens with zero attached hydrogens (tertiary/aromatic N) is 3. The lowest BCUT2D eigenvalue weighted by atomic mass is 10.0. The van der Waals surface area contributed by atoms with Gasteiger partial charge in [-0.2, -0.15) is 0 Å². The molecular formula is C31H27N3O5S. The number of aromatic carboxylic acids is 1. The van der Waals surface area contributed by atoms with E-state index >= 15 is 0 Å². The molecule has 3 aromatic carbocycles. The number of carboxylic acids is 1. The van der Waals surface area contributed by atoms with Gasteiger partial charge in [-0.15, -0.1) is 0 Å². The van der Waals surface area contributed by atoms with Gasteiger partial charge in [0.25, 0.3) is 17.2 Å². The number of carbonyl (C=O) groups is 2. The highest BCUT2D eigenvalue weighted by atomic mass is 32.2. The first-order chi connectivity index (χ1) is 19.3. The molecule has 0 bridgehead atoms. The van der Waals surface area contributed by atoms with Crippen molar-refractivity contribution in [2.45, 2.75) is 26.8 Å². The fourth-order valence-electron chi connectivity index (χ4n) is 4.84. The van der Waals surface area contributed by atoms with Crippen LogP contribution in [0.2, 0.25) is 0 Å². The van der Waals surface area contributed by atoms with Crippen LogP contribution in [0.4, 0.5) is 5.69 Å². The fraction of sp³-hybridized carbons (Fsp3) is 0.129. The largest absolute Gasteiger partial charge is 0.477 e. The molecule has 0 spiro atoms. The molecule has 40 heavy (non-hydrogen) atoms. The summed E-state index contributed by atoms with van der Waals surface area (Å²) in [6, 6.07) is 26.7. The summed E-state index contributed by atoms with van der Waals surface area (Å²) < 4.78 is 25.4. The van der Waals surface area contributed by atoms with E-state index in [9.17, 15) is 23.5 Å². The van der Waals surface area contributed by atoms with E-state index in [0.717, 1.165) is 38.5 Å². The van der Waals surface area contributed by atoms with E-state index in [4.69, 9.17) is 0 Å². The molecule has 0 aliphatic heterocycles. The number of pyridine rings is 1. The molecule has 0 saturated carbocycles. The van der Waals surface area contributed by atoms with Crippen LogP contribution in [0.3, 0.4) is 0 Å². The zero-order valence-electron chi connectivity index (χ0n) is 21.9. The van der Waals surface area contributed by atoms with Crippen molar-refractivity contribution in [3.8, 4) is 11.1 Å². The topological polar surface area (TPSA) is 113 Å². The molecule has 1 unspecified atom stereocenters. The first kappa shape index (κ1) is 27.0. The van der Waals surface area contributed by atoms with Crippen LogP contribution in [0.25, 0.3) is 22.2 Å².